The molecule has 3 aromatic carbocycles. The van der Waals surface area contributed by atoms with Gasteiger partial charge in [0.2, 0.25) is 0 Å². The number of halogens is 2. The summed E-state index contributed by atoms with van der Waals surface area (Å²) in [6.07, 6.45) is -0.171. The highest BCUT2D eigenvalue weighted by molar-refractivity contribution is 6.37. The minimum Gasteiger partial charge on any atom is -0.493 e. The molecule has 0 aliphatic heterocycles. The normalized spacial score (nSPS) is 11.7. The zero-order valence-corrected chi connectivity index (χ0v) is 19.1. The molecule has 0 aliphatic carbocycles. The van der Waals surface area contributed by atoms with Crippen molar-refractivity contribution >= 4 is 29.2 Å². The first-order chi connectivity index (χ1) is 15.5. The highest BCUT2D eigenvalue weighted by Gasteiger charge is 2.19. The highest BCUT2D eigenvalue weighted by Crippen LogP contribution is 2.35. The van der Waals surface area contributed by atoms with Crippen molar-refractivity contribution in [3.05, 3.63) is 82.3 Å². The first kappa shape index (κ1) is 23.9. The fraction of sp³-hybridized carbons (Fsp3) is 0.240. The van der Waals surface area contributed by atoms with Crippen LogP contribution in [0.5, 0.6) is 11.5 Å². The summed E-state index contributed by atoms with van der Waals surface area (Å²) in [7, 11) is 1.35. The average Bonchev–Trinajstić information content (AvgIpc) is 2.79. The average molecular weight is 475 g/mol. The zero-order chi connectivity index (χ0) is 22.9. The Balaban J connectivity index is 1.47. The van der Waals surface area contributed by atoms with Crippen LogP contribution in [0.2, 0.25) is 10.0 Å². The SMILES string of the molecule is CO[C@@H](Cc1cc(Cl)c(OCCCOc2ccc(-c3ccccc3)cc2)c(Cl)c1)C(=O)O. The number of aliphatic carboxylic acids is 1. The maximum Gasteiger partial charge on any atom is 0.333 e. The van der Waals surface area contributed by atoms with Crippen LogP contribution in [-0.4, -0.2) is 37.5 Å². The van der Waals surface area contributed by atoms with E-state index in [4.69, 9.17) is 42.5 Å². The number of carbonyl (C=O) groups is 1. The van der Waals surface area contributed by atoms with Crippen LogP contribution in [0.4, 0.5) is 0 Å². The van der Waals surface area contributed by atoms with Crippen LogP contribution in [0.1, 0.15) is 12.0 Å². The molecule has 5 nitrogen and oxygen atoms in total. The fourth-order valence-electron chi connectivity index (χ4n) is 3.15. The van der Waals surface area contributed by atoms with E-state index in [0.29, 0.717) is 41.0 Å². The van der Waals surface area contributed by atoms with Crippen molar-refractivity contribution in [1.82, 2.24) is 0 Å². The van der Waals surface area contributed by atoms with E-state index in [0.717, 1.165) is 16.9 Å². The molecule has 1 atom stereocenters. The van der Waals surface area contributed by atoms with Crippen LogP contribution in [0, 0.1) is 0 Å². The van der Waals surface area contributed by atoms with Gasteiger partial charge in [-0.05, 0) is 41.0 Å². The van der Waals surface area contributed by atoms with Crippen molar-refractivity contribution in [2.75, 3.05) is 20.3 Å². The van der Waals surface area contributed by atoms with E-state index in [9.17, 15) is 4.79 Å². The first-order valence-electron chi connectivity index (χ1n) is 10.1. The van der Waals surface area contributed by atoms with Gasteiger partial charge >= 0.3 is 5.97 Å². The Morgan fingerprint density at radius 2 is 1.50 bits per heavy atom. The molecule has 0 saturated carbocycles. The van der Waals surface area contributed by atoms with Gasteiger partial charge in [-0.25, -0.2) is 4.79 Å². The lowest BCUT2D eigenvalue weighted by Gasteiger charge is -2.14. The summed E-state index contributed by atoms with van der Waals surface area (Å²) in [5, 5.41) is 9.76. The van der Waals surface area contributed by atoms with Gasteiger partial charge in [0.15, 0.2) is 11.9 Å². The van der Waals surface area contributed by atoms with Crippen molar-refractivity contribution in [3.8, 4) is 22.6 Å². The van der Waals surface area contributed by atoms with Crippen LogP contribution in [0.3, 0.4) is 0 Å². The summed E-state index contributed by atoms with van der Waals surface area (Å²) >= 11 is 12.6. The van der Waals surface area contributed by atoms with E-state index in [1.54, 1.807) is 12.1 Å². The third-order valence-electron chi connectivity index (χ3n) is 4.80. The topological polar surface area (TPSA) is 65.0 Å². The molecule has 3 rings (SSSR count). The van der Waals surface area contributed by atoms with Crippen molar-refractivity contribution in [3.63, 3.8) is 0 Å². The van der Waals surface area contributed by atoms with Crippen LogP contribution in [0.25, 0.3) is 11.1 Å². The molecule has 0 aromatic heterocycles. The number of carboxylic acids is 1. The lowest BCUT2D eigenvalue weighted by atomic mass is 10.1. The molecule has 0 aliphatic rings. The van der Waals surface area contributed by atoms with Crippen molar-refractivity contribution < 1.29 is 24.1 Å². The van der Waals surface area contributed by atoms with Gasteiger partial charge in [0, 0.05) is 20.0 Å². The molecule has 0 heterocycles. The molecular formula is C25H24Cl2O5. The Morgan fingerprint density at radius 1 is 0.906 bits per heavy atom. The lowest BCUT2D eigenvalue weighted by molar-refractivity contribution is -0.148. The van der Waals surface area contributed by atoms with Gasteiger partial charge in [0.25, 0.3) is 0 Å². The van der Waals surface area contributed by atoms with Crippen molar-refractivity contribution in [2.45, 2.75) is 18.9 Å². The van der Waals surface area contributed by atoms with Crippen LogP contribution in [-0.2, 0) is 16.0 Å². The van der Waals surface area contributed by atoms with Crippen molar-refractivity contribution in [2.24, 2.45) is 0 Å². The molecular weight excluding hydrogens is 451 g/mol. The van der Waals surface area contributed by atoms with Crippen LogP contribution in [0.15, 0.2) is 66.7 Å². The van der Waals surface area contributed by atoms with E-state index >= 15 is 0 Å². The predicted molar refractivity (Wildman–Crippen MR) is 126 cm³/mol. The molecule has 0 unspecified atom stereocenters. The smallest absolute Gasteiger partial charge is 0.333 e. The Hall–Kier alpha value is -2.73. The molecule has 1 N–H and O–H groups in total. The first-order valence-corrected chi connectivity index (χ1v) is 10.9. The standard InChI is InChI=1S/C25H24Cl2O5/c1-30-23(25(28)29)16-17-14-21(26)24(22(27)15-17)32-13-5-12-31-20-10-8-19(9-11-20)18-6-3-2-4-7-18/h2-4,6-11,14-15,23H,5,12-13,16H2,1H3,(H,28,29)/t23-/m0/s1. The Kier molecular flexibility index (Phi) is 8.80. The Labute approximate surface area is 197 Å². The summed E-state index contributed by atoms with van der Waals surface area (Å²) in [6.45, 7) is 0.850. The van der Waals surface area contributed by atoms with E-state index < -0.39 is 12.1 Å². The lowest BCUT2D eigenvalue weighted by Crippen LogP contribution is -2.24. The van der Waals surface area contributed by atoms with E-state index in [2.05, 4.69) is 12.1 Å². The van der Waals surface area contributed by atoms with E-state index in [1.165, 1.54) is 7.11 Å². The molecule has 0 bridgehead atoms. The van der Waals surface area contributed by atoms with Gasteiger partial charge < -0.3 is 19.3 Å². The van der Waals surface area contributed by atoms with Gasteiger partial charge in [-0.3, -0.25) is 0 Å². The van der Waals surface area contributed by atoms with Gasteiger partial charge in [-0.2, -0.15) is 0 Å². The monoisotopic (exact) mass is 474 g/mol. The third kappa shape index (κ3) is 6.63. The molecule has 32 heavy (non-hydrogen) atoms. The number of carboxylic acid groups (broad SMARTS) is 1. The summed E-state index contributed by atoms with van der Waals surface area (Å²) in [5.74, 6) is 0.111. The molecule has 0 saturated heterocycles. The minimum absolute atomic E-state index is 0.155. The van der Waals surface area contributed by atoms with E-state index in [1.807, 2.05) is 42.5 Å². The quantitative estimate of drug-likeness (QED) is 0.337. The van der Waals surface area contributed by atoms with Gasteiger partial charge in [0.1, 0.15) is 5.75 Å². The van der Waals surface area contributed by atoms with Gasteiger partial charge in [0.05, 0.1) is 23.3 Å². The maximum absolute atomic E-state index is 11.1. The summed E-state index contributed by atoms with van der Waals surface area (Å²) in [6, 6.07) is 21.4. The molecule has 0 fully saturated rings. The second kappa shape index (κ2) is 11.8. The van der Waals surface area contributed by atoms with E-state index in [-0.39, 0.29) is 6.42 Å². The molecule has 0 amide bonds. The van der Waals surface area contributed by atoms with Crippen molar-refractivity contribution in [1.29, 1.82) is 0 Å². The number of hydrogen-bond acceptors (Lipinski definition) is 4. The van der Waals surface area contributed by atoms with Gasteiger partial charge in [-0.15, -0.1) is 0 Å². The summed E-state index contributed by atoms with van der Waals surface area (Å²) in [5.41, 5.74) is 2.95. The zero-order valence-electron chi connectivity index (χ0n) is 17.6. The number of ether oxygens (including phenoxy) is 3. The number of methoxy groups -OCH3 is 1. The molecule has 0 spiro atoms. The Morgan fingerprint density at radius 3 is 2.09 bits per heavy atom. The molecule has 0 radical (unpaired) electrons. The predicted octanol–water partition coefficient (Wildman–Crippen LogP) is 6.15. The second-order valence-electron chi connectivity index (χ2n) is 7.10. The molecule has 168 valence electrons. The largest absolute Gasteiger partial charge is 0.493 e. The van der Waals surface area contributed by atoms with Crippen LogP contribution >= 0.6 is 23.2 Å². The van der Waals surface area contributed by atoms with Crippen LogP contribution < -0.4 is 9.47 Å². The number of benzene rings is 3. The second-order valence-corrected chi connectivity index (χ2v) is 7.91. The fourth-order valence-corrected chi connectivity index (χ4v) is 3.79. The minimum atomic E-state index is -1.05. The molecule has 7 heteroatoms. The maximum atomic E-state index is 11.1. The molecule has 3 aromatic rings. The summed E-state index contributed by atoms with van der Waals surface area (Å²) in [4.78, 5) is 11.1. The number of hydrogen-bond donors (Lipinski definition) is 1. The third-order valence-corrected chi connectivity index (χ3v) is 5.37. The summed E-state index contributed by atoms with van der Waals surface area (Å²) < 4.78 is 16.5. The number of rotatable bonds is 11. The van der Waals surface area contributed by atoms with Gasteiger partial charge in [-0.1, -0.05) is 65.7 Å². The Bertz CT molecular complexity index is 999. The highest BCUT2D eigenvalue weighted by atomic mass is 35.5.